The summed E-state index contributed by atoms with van der Waals surface area (Å²) in [5, 5.41) is 17.9. The molecular formula is C11H14O2. The average Bonchev–Trinajstić information content (AvgIpc) is 2.18. The highest BCUT2D eigenvalue weighted by Gasteiger charge is 1.99. The molecule has 0 radical (unpaired) electrons. The largest absolute Gasteiger partial charge is 0.392 e. The third-order valence-electron chi connectivity index (χ3n) is 1.93. The maximum absolute atomic E-state index is 9.01. The SMILES string of the molecule is CC=Cc1ccc(CO)c(CO)c1. The summed E-state index contributed by atoms with van der Waals surface area (Å²) in [4.78, 5) is 0. The molecule has 2 heteroatoms. The minimum absolute atomic E-state index is 0.0218. The van der Waals surface area contributed by atoms with Gasteiger partial charge >= 0.3 is 0 Å². The molecule has 0 heterocycles. The number of aliphatic hydroxyl groups excluding tert-OH is 2. The lowest BCUT2D eigenvalue weighted by Crippen LogP contribution is -1.94. The molecule has 0 saturated heterocycles. The first-order valence-corrected chi connectivity index (χ1v) is 4.28. The Morgan fingerprint density at radius 2 is 1.85 bits per heavy atom. The van der Waals surface area contributed by atoms with Crippen LogP contribution in [0.5, 0.6) is 0 Å². The predicted molar refractivity (Wildman–Crippen MR) is 53.0 cm³/mol. The molecule has 2 N–H and O–H groups in total. The molecule has 1 aromatic rings. The molecule has 0 fully saturated rings. The highest BCUT2D eigenvalue weighted by molar-refractivity contribution is 5.51. The number of hydrogen-bond donors (Lipinski definition) is 2. The van der Waals surface area contributed by atoms with E-state index in [1.54, 1.807) is 0 Å². The van der Waals surface area contributed by atoms with E-state index >= 15 is 0 Å². The Balaban J connectivity index is 3.05. The molecule has 1 aromatic carbocycles. The zero-order valence-corrected chi connectivity index (χ0v) is 7.70. The Labute approximate surface area is 78.2 Å². The fourth-order valence-electron chi connectivity index (χ4n) is 1.24. The molecule has 0 spiro atoms. The van der Waals surface area contributed by atoms with E-state index in [1.165, 1.54) is 0 Å². The number of allylic oxidation sites excluding steroid dienone is 1. The van der Waals surface area contributed by atoms with Crippen LogP contribution in [0.1, 0.15) is 23.6 Å². The van der Waals surface area contributed by atoms with Gasteiger partial charge in [0.2, 0.25) is 0 Å². The van der Waals surface area contributed by atoms with E-state index in [1.807, 2.05) is 37.3 Å². The maximum Gasteiger partial charge on any atom is 0.0685 e. The van der Waals surface area contributed by atoms with Gasteiger partial charge in [-0.3, -0.25) is 0 Å². The average molecular weight is 178 g/mol. The Morgan fingerprint density at radius 3 is 2.38 bits per heavy atom. The summed E-state index contributed by atoms with van der Waals surface area (Å²) in [6.45, 7) is 1.89. The second kappa shape index (κ2) is 4.80. The van der Waals surface area contributed by atoms with Crippen molar-refractivity contribution in [2.24, 2.45) is 0 Å². The van der Waals surface area contributed by atoms with Crippen LogP contribution in [0, 0.1) is 0 Å². The molecule has 0 atom stereocenters. The van der Waals surface area contributed by atoms with Crippen molar-refractivity contribution < 1.29 is 10.2 Å². The van der Waals surface area contributed by atoms with Crippen molar-refractivity contribution in [3.63, 3.8) is 0 Å². The van der Waals surface area contributed by atoms with E-state index in [9.17, 15) is 0 Å². The molecule has 0 bridgehead atoms. The van der Waals surface area contributed by atoms with Gasteiger partial charge in [0, 0.05) is 0 Å². The standard InChI is InChI=1S/C11H14O2/c1-2-3-9-4-5-10(7-12)11(6-9)8-13/h2-6,12-13H,7-8H2,1H3. The van der Waals surface area contributed by atoms with Gasteiger partial charge in [-0.2, -0.15) is 0 Å². The van der Waals surface area contributed by atoms with Crippen LogP contribution in [-0.4, -0.2) is 10.2 Å². The molecular weight excluding hydrogens is 164 g/mol. The van der Waals surface area contributed by atoms with E-state index < -0.39 is 0 Å². The summed E-state index contributed by atoms with van der Waals surface area (Å²) in [6.07, 6.45) is 3.90. The highest BCUT2D eigenvalue weighted by atomic mass is 16.3. The van der Waals surface area contributed by atoms with Gasteiger partial charge in [-0.1, -0.05) is 24.3 Å². The van der Waals surface area contributed by atoms with Crippen LogP contribution in [0.25, 0.3) is 6.08 Å². The quantitative estimate of drug-likeness (QED) is 0.739. The van der Waals surface area contributed by atoms with Crippen molar-refractivity contribution in [2.45, 2.75) is 20.1 Å². The van der Waals surface area contributed by atoms with Gasteiger partial charge in [-0.25, -0.2) is 0 Å². The van der Waals surface area contributed by atoms with E-state index in [2.05, 4.69) is 0 Å². The fraction of sp³-hybridized carbons (Fsp3) is 0.273. The Kier molecular flexibility index (Phi) is 3.68. The topological polar surface area (TPSA) is 40.5 Å². The van der Waals surface area contributed by atoms with Gasteiger partial charge < -0.3 is 10.2 Å². The summed E-state index contributed by atoms with van der Waals surface area (Å²) in [5.41, 5.74) is 2.62. The Morgan fingerprint density at radius 1 is 1.15 bits per heavy atom. The smallest absolute Gasteiger partial charge is 0.0685 e. The van der Waals surface area contributed by atoms with Crippen molar-refractivity contribution in [2.75, 3.05) is 0 Å². The highest BCUT2D eigenvalue weighted by Crippen LogP contribution is 2.13. The van der Waals surface area contributed by atoms with Crippen LogP contribution in [0.15, 0.2) is 24.3 Å². The monoisotopic (exact) mass is 178 g/mol. The summed E-state index contributed by atoms with van der Waals surface area (Å²) >= 11 is 0. The molecule has 0 aliphatic carbocycles. The van der Waals surface area contributed by atoms with Crippen LogP contribution in [0.4, 0.5) is 0 Å². The second-order valence-electron chi connectivity index (χ2n) is 2.84. The molecule has 2 nitrogen and oxygen atoms in total. The third-order valence-corrected chi connectivity index (χ3v) is 1.93. The van der Waals surface area contributed by atoms with E-state index in [0.717, 1.165) is 16.7 Å². The van der Waals surface area contributed by atoms with E-state index in [4.69, 9.17) is 10.2 Å². The zero-order valence-electron chi connectivity index (χ0n) is 7.70. The minimum atomic E-state index is -0.0265. The molecule has 70 valence electrons. The van der Waals surface area contributed by atoms with Crippen LogP contribution in [0.2, 0.25) is 0 Å². The van der Waals surface area contributed by atoms with E-state index in [0.29, 0.717) is 0 Å². The lowest BCUT2D eigenvalue weighted by molar-refractivity contribution is 0.260. The van der Waals surface area contributed by atoms with Gasteiger partial charge in [0.15, 0.2) is 0 Å². The summed E-state index contributed by atoms with van der Waals surface area (Å²) in [6, 6.07) is 5.64. The van der Waals surface area contributed by atoms with Crippen molar-refractivity contribution in [3.05, 3.63) is 41.0 Å². The van der Waals surface area contributed by atoms with Gasteiger partial charge in [0.25, 0.3) is 0 Å². The van der Waals surface area contributed by atoms with Gasteiger partial charge in [0.05, 0.1) is 13.2 Å². The lowest BCUT2D eigenvalue weighted by Gasteiger charge is -2.05. The number of aliphatic hydroxyl groups is 2. The summed E-state index contributed by atoms with van der Waals surface area (Å²) in [5.74, 6) is 0. The lowest BCUT2D eigenvalue weighted by atomic mass is 10.0. The molecule has 13 heavy (non-hydrogen) atoms. The van der Waals surface area contributed by atoms with Gasteiger partial charge in [0.1, 0.15) is 0 Å². The maximum atomic E-state index is 9.01. The Hall–Kier alpha value is -1.12. The number of hydrogen-bond acceptors (Lipinski definition) is 2. The van der Waals surface area contributed by atoms with Crippen LogP contribution in [-0.2, 0) is 13.2 Å². The third kappa shape index (κ3) is 2.41. The summed E-state index contributed by atoms with van der Waals surface area (Å²) < 4.78 is 0. The molecule has 0 aliphatic heterocycles. The molecule has 0 aliphatic rings. The van der Waals surface area contributed by atoms with Crippen molar-refractivity contribution in [1.29, 1.82) is 0 Å². The molecule has 0 unspecified atom stereocenters. The van der Waals surface area contributed by atoms with Gasteiger partial charge in [-0.15, -0.1) is 0 Å². The van der Waals surface area contributed by atoms with Crippen LogP contribution < -0.4 is 0 Å². The van der Waals surface area contributed by atoms with E-state index in [-0.39, 0.29) is 13.2 Å². The predicted octanol–water partition coefficient (Wildman–Crippen LogP) is 1.70. The first kappa shape index (κ1) is 9.96. The summed E-state index contributed by atoms with van der Waals surface area (Å²) in [7, 11) is 0. The first-order valence-electron chi connectivity index (χ1n) is 4.28. The molecule has 1 rings (SSSR count). The normalized spacial score (nSPS) is 11.0. The second-order valence-corrected chi connectivity index (χ2v) is 2.84. The molecule has 0 aromatic heterocycles. The van der Waals surface area contributed by atoms with Crippen molar-refractivity contribution in [3.8, 4) is 0 Å². The first-order chi connectivity index (χ1) is 6.31. The van der Waals surface area contributed by atoms with Crippen LogP contribution in [0.3, 0.4) is 0 Å². The van der Waals surface area contributed by atoms with Crippen molar-refractivity contribution in [1.82, 2.24) is 0 Å². The molecule has 0 saturated carbocycles. The minimum Gasteiger partial charge on any atom is -0.392 e. The Bertz CT molecular complexity index is 303. The molecule has 0 amide bonds. The zero-order chi connectivity index (χ0) is 9.68. The van der Waals surface area contributed by atoms with Crippen molar-refractivity contribution >= 4 is 6.08 Å². The van der Waals surface area contributed by atoms with Crippen LogP contribution >= 0.6 is 0 Å². The fourth-order valence-corrected chi connectivity index (χ4v) is 1.24. The van der Waals surface area contributed by atoms with Gasteiger partial charge in [-0.05, 0) is 29.7 Å². The number of rotatable bonds is 3. The number of benzene rings is 1.